The zero-order valence-corrected chi connectivity index (χ0v) is 40.6. The molecule has 0 amide bonds. The van der Waals surface area contributed by atoms with Crippen LogP contribution < -0.4 is 0 Å². The summed E-state index contributed by atoms with van der Waals surface area (Å²) < 4.78 is 11.0. The molecule has 0 aliphatic heterocycles. The van der Waals surface area contributed by atoms with Crippen molar-refractivity contribution in [3.63, 3.8) is 0 Å². The van der Waals surface area contributed by atoms with Crippen molar-refractivity contribution in [3.05, 3.63) is 130 Å². The molecule has 274 valence electrons. The Hall–Kier alpha value is -1.90. The first-order valence-corrected chi connectivity index (χ1v) is 40.5. The zero-order valence-electron chi connectivity index (χ0n) is 33.4. The summed E-state index contributed by atoms with van der Waals surface area (Å²) in [6.45, 7) is 14.9. The van der Waals surface area contributed by atoms with Gasteiger partial charge in [0, 0.05) is 0 Å². The summed E-state index contributed by atoms with van der Waals surface area (Å²) in [5.74, 6) is 0. The molecule has 0 N–H and O–H groups in total. The SMILES string of the molecule is CCC[CH2][Hf]([CH2]CCC)([CH2][CH2][Hf]([CH2]CCC)([CH2]CCC)[CH]1C(C)=Cc2c(-c3ccccc3)cccc21)[CH]1C(C)=Cc2c(-c3ccccc3)cccc21. The standard InChI is InChI=1S/2C16H13.4C4H9.C2H4.2Hf/c2*1-12-10-14-8-5-9-15(16(14)11-12)13-6-3-2-4-7-13;4*1-3-4-2;1-2;;/h2*2-11H,1H3;4*1,3-4H2,2H3;1-2H2;;. The molecule has 4 aromatic rings. The van der Waals surface area contributed by atoms with Crippen LogP contribution in [-0.4, -0.2) is 0 Å². The second kappa shape index (κ2) is 18.6. The van der Waals surface area contributed by atoms with Gasteiger partial charge in [-0.05, 0) is 0 Å². The van der Waals surface area contributed by atoms with E-state index >= 15 is 0 Å². The topological polar surface area (TPSA) is 0 Å². The van der Waals surface area contributed by atoms with Crippen LogP contribution in [0.1, 0.15) is 123 Å². The Kier molecular flexibility index (Phi) is 14.2. The first-order chi connectivity index (χ1) is 25.4. The molecule has 2 heteroatoms. The van der Waals surface area contributed by atoms with Crippen LogP contribution in [0.2, 0.25) is 25.1 Å². The van der Waals surface area contributed by atoms with Crippen LogP contribution in [0, 0.1) is 0 Å². The average Bonchev–Trinajstić information content (AvgIpc) is 3.72. The third kappa shape index (κ3) is 8.34. The van der Waals surface area contributed by atoms with Crippen LogP contribution in [0.4, 0.5) is 0 Å². The molecule has 2 unspecified atom stereocenters. The van der Waals surface area contributed by atoms with Gasteiger partial charge >= 0.3 is 330 Å². The van der Waals surface area contributed by atoms with E-state index in [1.54, 1.807) is 58.5 Å². The monoisotopic (exact) mass is 1030 g/mol. The van der Waals surface area contributed by atoms with Gasteiger partial charge in [-0.1, -0.05) is 0 Å². The molecule has 52 heavy (non-hydrogen) atoms. The van der Waals surface area contributed by atoms with Crippen LogP contribution in [0.3, 0.4) is 0 Å². The van der Waals surface area contributed by atoms with Gasteiger partial charge in [0.2, 0.25) is 0 Å². The summed E-state index contributed by atoms with van der Waals surface area (Å²) >= 11 is -6.10. The van der Waals surface area contributed by atoms with E-state index in [1.807, 2.05) is 0 Å². The molecular formula is C50H66Hf2. The zero-order chi connectivity index (χ0) is 36.6. The van der Waals surface area contributed by atoms with E-state index in [1.165, 1.54) is 73.6 Å². The fourth-order valence-electron chi connectivity index (χ4n) is 10.7. The Balaban J connectivity index is 1.46. The maximum atomic E-state index is 2.66. The Bertz CT molecular complexity index is 1660. The molecule has 6 rings (SSSR count). The van der Waals surface area contributed by atoms with Gasteiger partial charge < -0.3 is 0 Å². The molecular weight excluding hydrogens is 958 g/mol. The van der Waals surface area contributed by atoms with Gasteiger partial charge in [0.1, 0.15) is 0 Å². The van der Waals surface area contributed by atoms with Crippen LogP contribution in [0.5, 0.6) is 0 Å². The van der Waals surface area contributed by atoms with Gasteiger partial charge in [-0.15, -0.1) is 0 Å². The summed E-state index contributed by atoms with van der Waals surface area (Å²) in [4.78, 5) is 0. The second-order valence-electron chi connectivity index (χ2n) is 16.6. The fourth-order valence-corrected chi connectivity index (χ4v) is 84.5. The molecule has 0 spiro atoms. The van der Waals surface area contributed by atoms with E-state index in [2.05, 4.69) is 151 Å². The van der Waals surface area contributed by atoms with Crippen molar-refractivity contribution in [1.29, 1.82) is 0 Å². The molecule has 2 atom stereocenters. The summed E-state index contributed by atoms with van der Waals surface area (Å²) in [7, 11) is 0. The van der Waals surface area contributed by atoms with E-state index < -0.39 is 39.9 Å². The van der Waals surface area contributed by atoms with Crippen molar-refractivity contribution in [2.45, 2.75) is 125 Å². The van der Waals surface area contributed by atoms with E-state index in [4.69, 9.17) is 0 Å². The first kappa shape index (κ1) is 39.8. The maximum absolute atomic E-state index is 3.05. The van der Waals surface area contributed by atoms with Gasteiger partial charge in [0.25, 0.3) is 0 Å². The minimum absolute atomic E-state index is 0.741. The normalized spacial score (nSPS) is 16.8. The Morgan fingerprint density at radius 2 is 0.750 bits per heavy atom. The molecule has 0 radical (unpaired) electrons. The van der Waals surface area contributed by atoms with Crippen LogP contribution in [0.15, 0.2) is 108 Å². The summed E-state index contributed by atoms with van der Waals surface area (Å²) in [5.41, 5.74) is 15.6. The van der Waals surface area contributed by atoms with Crippen molar-refractivity contribution < 1.29 is 39.9 Å². The quantitative estimate of drug-likeness (QED) is 0.0821. The Labute approximate surface area is 327 Å². The predicted octanol–water partition coefficient (Wildman–Crippen LogP) is 16.7. The number of benzene rings is 4. The minimum atomic E-state index is -3.05. The predicted molar refractivity (Wildman–Crippen MR) is 225 cm³/mol. The third-order valence-electron chi connectivity index (χ3n) is 13.2. The molecule has 0 nitrogen and oxygen atoms in total. The van der Waals surface area contributed by atoms with Crippen molar-refractivity contribution >= 4 is 12.2 Å². The van der Waals surface area contributed by atoms with Gasteiger partial charge in [-0.25, -0.2) is 0 Å². The molecule has 4 aromatic carbocycles. The second-order valence-corrected chi connectivity index (χ2v) is 51.1. The van der Waals surface area contributed by atoms with E-state index in [9.17, 15) is 0 Å². The Morgan fingerprint density at radius 3 is 1.08 bits per heavy atom. The molecule has 0 saturated heterocycles. The molecule has 0 fully saturated rings. The molecule has 0 heterocycles. The number of hydrogen-bond acceptors (Lipinski definition) is 0. The van der Waals surface area contributed by atoms with E-state index in [0.29, 0.717) is 0 Å². The number of unbranched alkanes of at least 4 members (excludes halogenated alkanes) is 4. The Morgan fingerprint density at radius 1 is 0.404 bits per heavy atom. The van der Waals surface area contributed by atoms with Gasteiger partial charge in [-0.3, -0.25) is 0 Å². The third-order valence-corrected chi connectivity index (χ3v) is 62.3. The van der Waals surface area contributed by atoms with E-state index in [-0.39, 0.29) is 0 Å². The molecule has 2 aliphatic rings. The number of fused-ring (bicyclic) bond motifs is 2. The molecule has 0 bridgehead atoms. The van der Waals surface area contributed by atoms with Gasteiger partial charge in [-0.2, -0.15) is 0 Å². The van der Waals surface area contributed by atoms with Gasteiger partial charge in [0.15, 0.2) is 0 Å². The average molecular weight is 1020 g/mol. The van der Waals surface area contributed by atoms with Crippen molar-refractivity contribution in [2.24, 2.45) is 0 Å². The van der Waals surface area contributed by atoms with E-state index in [0.717, 1.165) is 7.35 Å². The summed E-state index contributed by atoms with van der Waals surface area (Å²) in [6, 6.07) is 37.2. The summed E-state index contributed by atoms with van der Waals surface area (Å²) in [6.07, 6.45) is 16.4. The van der Waals surface area contributed by atoms with Crippen LogP contribution in [-0.2, 0) is 39.9 Å². The number of hydrogen-bond donors (Lipinski definition) is 0. The fraction of sp³-hybridized carbons (Fsp3) is 0.440. The van der Waals surface area contributed by atoms with Gasteiger partial charge in [0.05, 0.1) is 0 Å². The van der Waals surface area contributed by atoms with Crippen molar-refractivity contribution in [2.75, 3.05) is 0 Å². The van der Waals surface area contributed by atoms with Crippen LogP contribution in [0.25, 0.3) is 34.4 Å². The molecule has 0 saturated carbocycles. The van der Waals surface area contributed by atoms with Crippen LogP contribution >= 0.6 is 0 Å². The van der Waals surface area contributed by atoms with Crippen molar-refractivity contribution in [3.8, 4) is 22.3 Å². The number of allylic oxidation sites excluding steroid dienone is 2. The number of rotatable bonds is 19. The molecule has 0 aromatic heterocycles. The first-order valence-electron chi connectivity index (χ1n) is 21.1. The van der Waals surface area contributed by atoms with Crippen molar-refractivity contribution in [1.82, 2.24) is 0 Å². The summed E-state index contributed by atoms with van der Waals surface area (Å²) in [5, 5.41) is 0. The molecule has 2 aliphatic carbocycles.